The molecule has 2 heteroatoms. The Balaban J connectivity index is 1.81. The van der Waals surface area contributed by atoms with E-state index >= 15 is 0 Å². The lowest BCUT2D eigenvalue weighted by atomic mass is 10.1. The van der Waals surface area contributed by atoms with Gasteiger partial charge in [0, 0.05) is 12.6 Å². The summed E-state index contributed by atoms with van der Waals surface area (Å²) in [4.78, 5) is 2.46. The van der Waals surface area contributed by atoms with Crippen LogP contribution in [0.4, 0.5) is 0 Å². The first-order valence-electron chi connectivity index (χ1n) is 5.31. The first-order valence-corrected chi connectivity index (χ1v) is 5.31. The van der Waals surface area contributed by atoms with Gasteiger partial charge < -0.3 is 9.64 Å². The second kappa shape index (κ2) is 2.96. The highest BCUT2D eigenvalue weighted by molar-refractivity contribution is 5.03. The van der Waals surface area contributed by atoms with Gasteiger partial charge in [0.25, 0.3) is 0 Å². The maximum Gasteiger partial charge on any atom is 0.0631 e. The van der Waals surface area contributed by atoms with Crippen molar-refractivity contribution in [2.45, 2.75) is 38.8 Å². The van der Waals surface area contributed by atoms with Gasteiger partial charge in [-0.15, -0.1) is 0 Å². The van der Waals surface area contributed by atoms with Gasteiger partial charge in [0.15, 0.2) is 0 Å². The lowest BCUT2D eigenvalue weighted by Gasteiger charge is -2.27. The third kappa shape index (κ3) is 2.05. The minimum Gasteiger partial charge on any atom is -0.374 e. The molecule has 0 spiro atoms. The van der Waals surface area contributed by atoms with Gasteiger partial charge in [0.2, 0.25) is 0 Å². The molecule has 0 radical (unpaired) electrons. The van der Waals surface area contributed by atoms with E-state index in [0.717, 1.165) is 18.4 Å². The van der Waals surface area contributed by atoms with Gasteiger partial charge in [-0.05, 0) is 46.1 Å². The lowest BCUT2D eigenvalue weighted by molar-refractivity contribution is -0.0296. The van der Waals surface area contributed by atoms with Crippen molar-refractivity contribution in [2.24, 2.45) is 11.8 Å². The summed E-state index contributed by atoms with van der Waals surface area (Å²) in [7, 11) is 2.23. The number of fused-ring (bicyclic) bond motifs is 1. The molecule has 76 valence electrons. The van der Waals surface area contributed by atoms with E-state index in [1.807, 2.05) is 0 Å². The number of piperidine rings is 1. The molecular weight excluding hydrogens is 162 g/mol. The molecule has 1 aliphatic heterocycles. The Kier molecular flexibility index (Phi) is 2.16. The number of hydrogen-bond donors (Lipinski definition) is 0. The molecule has 2 nitrogen and oxygen atoms in total. The van der Waals surface area contributed by atoms with Crippen LogP contribution in [0.5, 0.6) is 0 Å². The van der Waals surface area contributed by atoms with E-state index in [0.29, 0.717) is 6.04 Å². The average molecular weight is 183 g/mol. The van der Waals surface area contributed by atoms with Gasteiger partial charge in [-0.1, -0.05) is 0 Å². The van der Waals surface area contributed by atoms with Gasteiger partial charge in [-0.2, -0.15) is 0 Å². The van der Waals surface area contributed by atoms with Crippen molar-refractivity contribution in [3.05, 3.63) is 0 Å². The summed E-state index contributed by atoms with van der Waals surface area (Å²) in [6.07, 6.45) is 1.45. The molecule has 0 aromatic heterocycles. The van der Waals surface area contributed by atoms with Crippen LogP contribution in [0.1, 0.15) is 27.2 Å². The molecule has 0 N–H and O–H groups in total. The summed E-state index contributed by atoms with van der Waals surface area (Å²) in [5.74, 6) is 1.95. The molecule has 0 bridgehead atoms. The number of likely N-dealkylation sites (tertiary alicyclic amines) is 1. The van der Waals surface area contributed by atoms with Gasteiger partial charge in [0.1, 0.15) is 0 Å². The van der Waals surface area contributed by atoms with Crippen molar-refractivity contribution in [1.29, 1.82) is 0 Å². The predicted molar refractivity (Wildman–Crippen MR) is 53.7 cm³/mol. The second-order valence-electron chi connectivity index (χ2n) is 5.59. The Bertz CT molecular complexity index is 195. The molecule has 2 rings (SSSR count). The van der Waals surface area contributed by atoms with Crippen molar-refractivity contribution in [3.8, 4) is 0 Å². The molecule has 2 aliphatic rings. The molecule has 0 amide bonds. The van der Waals surface area contributed by atoms with Gasteiger partial charge in [0.05, 0.1) is 12.2 Å². The Hall–Kier alpha value is -0.0800. The highest BCUT2D eigenvalue weighted by atomic mass is 16.5. The highest BCUT2D eigenvalue weighted by Gasteiger charge is 2.51. The van der Waals surface area contributed by atoms with Crippen LogP contribution in [-0.4, -0.2) is 36.7 Å². The Morgan fingerprint density at radius 3 is 2.54 bits per heavy atom. The molecule has 2 unspecified atom stereocenters. The van der Waals surface area contributed by atoms with E-state index in [1.165, 1.54) is 13.0 Å². The molecule has 1 saturated heterocycles. The normalized spacial score (nSPS) is 39.2. The van der Waals surface area contributed by atoms with Crippen molar-refractivity contribution in [3.63, 3.8) is 0 Å². The van der Waals surface area contributed by atoms with E-state index in [4.69, 9.17) is 4.74 Å². The van der Waals surface area contributed by atoms with Crippen LogP contribution in [-0.2, 0) is 4.74 Å². The fourth-order valence-corrected chi connectivity index (χ4v) is 2.37. The molecule has 1 saturated carbocycles. The first-order chi connectivity index (χ1) is 5.97. The van der Waals surface area contributed by atoms with Crippen LogP contribution in [0.15, 0.2) is 0 Å². The number of ether oxygens (including phenoxy) is 1. The van der Waals surface area contributed by atoms with E-state index in [2.05, 4.69) is 32.7 Å². The van der Waals surface area contributed by atoms with Crippen LogP contribution < -0.4 is 0 Å². The van der Waals surface area contributed by atoms with Crippen molar-refractivity contribution >= 4 is 0 Å². The van der Waals surface area contributed by atoms with E-state index < -0.39 is 0 Å². The van der Waals surface area contributed by atoms with Crippen molar-refractivity contribution in [2.75, 3.05) is 20.2 Å². The molecular formula is C11H21NO. The topological polar surface area (TPSA) is 12.5 Å². The zero-order valence-corrected chi connectivity index (χ0v) is 9.21. The van der Waals surface area contributed by atoms with E-state index in [1.54, 1.807) is 0 Å². The number of rotatable bonds is 2. The van der Waals surface area contributed by atoms with Crippen LogP contribution >= 0.6 is 0 Å². The quantitative estimate of drug-likeness (QED) is 0.646. The molecule has 0 aromatic carbocycles. The zero-order valence-electron chi connectivity index (χ0n) is 9.21. The van der Waals surface area contributed by atoms with Gasteiger partial charge in [-0.25, -0.2) is 0 Å². The maximum absolute atomic E-state index is 5.84. The third-order valence-electron chi connectivity index (χ3n) is 3.25. The minimum absolute atomic E-state index is 0.0216. The smallest absolute Gasteiger partial charge is 0.0631 e. The number of nitrogens with zero attached hydrogens (tertiary/aromatic N) is 1. The van der Waals surface area contributed by atoms with E-state index in [9.17, 15) is 0 Å². The maximum atomic E-state index is 5.84. The monoisotopic (exact) mass is 183 g/mol. The molecule has 13 heavy (non-hydrogen) atoms. The lowest BCUT2D eigenvalue weighted by Crippen LogP contribution is -2.36. The zero-order chi connectivity index (χ0) is 9.64. The fourth-order valence-electron chi connectivity index (χ4n) is 2.37. The molecule has 3 atom stereocenters. The SMILES string of the molecule is CN1C[C@@H]2CC2C1COC(C)(C)C. The van der Waals surface area contributed by atoms with Crippen molar-refractivity contribution in [1.82, 2.24) is 4.90 Å². The molecule has 1 heterocycles. The van der Waals surface area contributed by atoms with Crippen LogP contribution in [0.2, 0.25) is 0 Å². The Labute approximate surface area is 81.3 Å². The number of hydrogen-bond acceptors (Lipinski definition) is 2. The molecule has 2 fully saturated rings. The summed E-state index contributed by atoms with van der Waals surface area (Å²) < 4.78 is 5.84. The summed E-state index contributed by atoms with van der Waals surface area (Å²) in [6, 6.07) is 0.698. The van der Waals surface area contributed by atoms with Crippen LogP contribution in [0, 0.1) is 11.8 Å². The predicted octanol–water partition coefficient (Wildman–Crippen LogP) is 1.75. The third-order valence-corrected chi connectivity index (χ3v) is 3.25. The van der Waals surface area contributed by atoms with Crippen molar-refractivity contribution < 1.29 is 4.74 Å². The van der Waals surface area contributed by atoms with E-state index in [-0.39, 0.29) is 5.60 Å². The largest absolute Gasteiger partial charge is 0.374 e. The Morgan fingerprint density at radius 2 is 2.08 bits per heavy atom. The van der Waals surface area contributed by atoms with Crippen LogP contribution in [0.25, 0.3) is 0 Å². The summed E-state index contributed by atoms with van der Waals surface area (Å²) in [6.45, 7) is 8.61. The average Bonchev–Trinajstić information content (AvgIpc) is 2.60. The fraction of sp³-hybridized carbons (Fsp3) is 1.00. The Morgan fingerprint density at radius 1 is 1.38 bits per heavy atom. The summed E-state index contributed by atoms with van der Waals surface area (Å²) >= 11 is 0. The minimum atomic E-state index is 0.0216. The summed E-state index contributed by atoms with van der Waals surface area (Å²) in [5.41, 5.74) is 0.0216. The van der Waals surface area contributed by atoms with Crippen LogP contribution in [0.3, 0.4) is 0 Å². The summed E-state index contributed by atoms with van der Waals surface area (Å²) in [5, 5.41) is 0. The van der Waals surface area contributed by atoms with Gasteiger partial charge in [-0.3, -0.25) is 0 Å². The standard InChI is InChI=1S/C11H21NO/c1-11(2,3)13-7-10-9-5-8(9)6-12(10)4/h8-10H,5-7H2,1-4H3/t8-,9?,10?/m0/s1. The first kappa shape index (κ1) is 9.47. The number of likely N-dealkylation sites (N-methyl/N-ethyl adjacent to an activating group) is 1. The molecule has 0 aromatic rings. The second-order valence-corrected chi connectivity index (χ2v) is 5.59. The molecule has 1 aliphatic carbocycles. The van der Waals surface area contributed by atoms with Gasteiger partial charge >= 0.3 is 0 Å². The highest BCUT2D eigenvalue weighted by Crippen LogP contribution is 2.48.